The van der Waals surface area contributed by atoms with Gasteiger partial charge in [-0.3, -0.25) is 4.79 Å². The zero-order chi connectivity index (χ0) is 16.8. The van der Waals surface area contributed by atoms with E-state index in [4.69, 9.17) is 11.6 Å². The summed E-state index contributed by atoms with van der Waals surface area (Å²) in [4.78, 5) is 20.1. The molecule has 0 spiro atoms. The molecule has 0 fully saturated rings. The molecule has 2 rings (SSSR count). The molecule has 0 bridgehead atoms. The number of halogens is 1. The van der Waals surface area contributed by atoms with Crippen LogP contribution in [-0.2, 0) is 17.9 Å². The molecule has 5 nitrogen and oxygen atoms in total. The molecule has 1 heterocycles. The zero-order valence-corrected chi connectivity index (χ0v) is 14.6. The first-order valence-electron chi connectivity index (χ1n) is 7.60. The normalized spacial score (nSPS) is 11.0. The summed E-state index contributed by atoms with van der Waals surface area (Å²) in [6.45, 7) is 4.31. The number of carbonyl (C=O) groups excluding carboxylic acids is 1. The summed E-state index contributed by atoms with van der Waals surface area (Å²) in [5.74, 6) is 0.933. The Kier molecular flexibility index (Phi) is 6.19. The third-order valence-corrected chi connectivity index (χ3v) is 3.87. The maximum Gasteiger partial charge on any atom is 0.219 e. The van der Waals surface area contributed by atoms with Crippen LogP contribution in [0.25, 0.3) is 0 Å². The Hall–Kier alpha value is -1.85. The molecule has 124 valence electrons. The molecule has 23 heavy (non-hydrogen) atoms. The monoisotopic (exact) mass is 334 g/mol. The molecule has 0 aliphatic heterocycles. The van der Waals surface area contributed by atoms with E-state index in [0.29, 0.717) is 19.6 Å². The SMILES string of the molecule is CC(=O)N(CCN(C)C)Cc1nccn1Cc1cccc(Cl)c1. The number of imidazole rings is 1. The lowest BCUT2D eigenvalue weighted by Crippen LogP contribution is -2.35. The van der Waals surface area contributed by atoms with Gasteiger partial charge in [-0.1, -0.05) is 23.7 Å². The van der Waals surface area contributed by atoms with E-state index in [1.165, 1.54) is 0 Å². The Balaban J connectivity index is 2.08. The minimum atomic E-state index is 0.0594. The fourth-order valence-corrected chi connectivity index (χ4v) is 2.52. The van der Waals surface area contributed by atoms with E-state index in [1.807, 2.05) is 49.5 Å². The van der Waals surface area contributed by atoms with E-state index in [2.05, 4.69) is 14.5 Å². The average Bonchev–Trinajstić information content (AvgIpc) is 2.90. The molecule has 0 aliphatic carbocycles. The largest absolute Gasteiger partial charge is 0.334 e. The highest BCUT2D eigenvalue weighted by Crippen LogP contribution is 2.13. The number of hydrogen-bond acceptors (Lipinski definition) is 3. The van der Waals surface area contributed by atoms with E-state index in [1.54, 1.807) is 13.1 Å². The van der Waals surface area contributed by atoms with E-state index < -0.39 is 0 Å². The van der Waals surface area contributed by atoms with Crippen molar-refractivity contribution < 1.29 is 4.79 Å². The van der Waals surface area contributed by atoms with Gasteiger partial charge in [0.25, 0.3) is 0 Å². The quantitative estimate of drug-likeness (QED) is 0.781. The van der Waals surface area contributed by atoms with E-state index in [9.17, 15) is 4.79 Å². The molecule has 6 heteroatoms. The maximum absolute atomic E-state index is 11.8. The van der Waals surface area contributed by atoms with E-state index >= 15 is 0 Å². The van der Waals surface area contributed by atoms with Crippen molar-refractivity contribution in [1.29, 1.82) is 0 Å². The highest BCUT2D eigenvalue weighted by Gasteiger charge is 2.13. The Bertz CT molecular complexity index is 654. The number of amides is 1. The van der Waals surface area contributed by atoms with Gasteiger partial charge in [0.05, 0.1) is 6.54 Å². The van der Waals surface area contributed by atoms with Crippen LogP contribution in [0.4, 0.5) is 0 Å². The predicted molar refractivity (Wildman–Crippen MR) is 92.4 cm³/mol. The average molecular weight is 335 g/mol. The molecular weight excluding hydrogens is 312 g/mol. The van der Waals surface area contributed by atoms with E-state index in [0.717, 1.165) is 23.0 Å². The summed E-state index contributed by atoms with van der Waals surface area (Å²) >= 11 is 6.04. The van der Waals surface area contributed by atoms with Crippen molar-refractivity contribution in [2.75, 3.05) is 27.2 Å². The first-order valence-corrected chi connectivity index (χ1v) is 7.98. The maximum atomic E-state index is 11.8. The fraction of sp³-hybridized carbons (Fsp3) is 0.412. The Labute approximate surface area is 142 Å². The Morgan fingerprint density at radius 2 is 2.09 bits per heavy atom. The lowest BCUT2D eigenvalue weighted by atomic mass is 10.2. The van der Waals surface area contributed by atoms with Gasteiger partial charge in [-0.15, -0.1) is 0 Å². The van der Waals surface area contributed by atoms with Crippen LogP contribution in [0.15, 0.2) is 36.7 Å². The molecule has 0 saturated heterocycles. The van der Waals surface area contributed by atoms with Gasteiger partial charge in [0.15, 0.2) is 0 Å². The minimum absolute atomic E-state index is 0.0594. The molecule has 0 radical (unpaired) electrons. The van der Waals surface area contributed by atoms with Crippen LogP contribution in [0.2, 0.25) is 5.02 Å². The summed E-state index contributed by atoms with van der Waals surface area (Å²) in [6, 6.07) is 7.77. The second kappa shape index (κ2) is 8.13. The van der Waals surface area contributed by atoms with Crippen molar-refractivity contribution in [3.05, 3.63) is 53.1 Å². The third kappa shape index (κ3) is 5.37. The van der Waals surface area contributed by atoms with Crippen LogP contribution >= 0.6 is 11.6 Å². The Morgan fingerprint density at radius 3 is 2.74 bits per heavy atom. The smallest absolute Gasteiger partial charge is 0.219 e. The van der Waals surface area contributed by atoms with Gasteiger partial charge < -0.3 is 14.4 Å². The molecule has 0 unspecified atom stereocenters. The number of benzene rings is 1. The second-order valence-corrected chi connectivity index (χ2v) is 6.28. The van der Waals surface area contributed by atoms with E-state index in [-0.39, 0.29) is 5.91 Å². The number of rotatable bonds is 7. The van der Waals surface area contributed by atoms with Crippen molar-refractivity contribution in [2.24, 2.45) is 0 Å². The lowest BCUT2D eigenvalue weighted by molar-refractivity contribution is -0.129. The van der Waals surface area contributed by atoms with Crippen molar-refractivity contribution in [1.82, 2.24) is 19.4 Å². The van der Waals surface area contributed by atoms with Crippen LogP contribution in [0.3, 0.4) is 0 Å². The standard InChI is InChI=1S/C17H23ClN4O/c1-14(23)21(10-9-20(2)3)13-17-19-7-8-22(17)12-15-5-4-6-16(18)11-15/h4-8,11H,9-10,12-13H2,1-3H3. The zero-order valence-electron chi connectivity index (χ0n) is 13.9. The molecule has 0 saturated carbocycles. The summed E-state index contributed by atoms with van der Waals surface area (Å²) < 4.78 is 2.05. The Morgan fingerprint density at radius 1 is 1.30 bits per heavy atom. The number of carbonyl (C=O) groups is 1. The number of hydrogen-bond donors (Lipinski definition) is 0. The summed E-state index contributed by atoms with van der Waals surface area (Å²) in [7, 11) is 4.00. The predicted octanol–water partition coefficient (Wildman–Crippen LogP) is 2.49. The first-order chi connectivity index (χ1) is 11.0. The lowest BCUT2D eigenvalue weighted by Gasteiger charge is -2.23. The van der Waals surface area contributed by atoms with Gasteiger partial charge in [0, 0.05) is 44.0 Å². The number of likely N-dealkylation sites (N-methyl/N-ethyl adjacent to an activating group) is 1. The second-order valence-electron chi connectivity index (χ2n) is 5.85. The number of nitrogens with zero attached hydrogens (tertiary/aromatic N) is 4. The van der Waals surface area contributed by atoms with Crippen LogP contribution < -0.4 is 0 Å². The van der Waals surface area contributed by atoms with Gasteiger partial charge in [-0.2, -0.15) is 0 Å². The number of aromatic nitrogens is 2. The molecule has 1 aromatic carbocycles. The van der Waals surface area contributed by atoms with Crippen molar-refractivity contribution in [3.8, 4) is 0 Å². The van der Waals surface area contributed by atoms with Crippen LogP contribution in [0, 0.1) is 0 Å². The van der Waals surface area contributed by atoms with Crippen LogP contribution in [0.1, 0.15) is 18.3 Å². The summed E-state index contributed by atoms with van der Waals surface area (Å²) in [5, 5.41) is 0.723. The van der Waals surface area contributed by atoms with Crippen LogP contribution in [0.5, 0.6) is 0 Å². The molecule has 1 amide bonds. The summed E-state index contributed by atoms with van der Waals surface area (Å²) in [6.07, 6.45) is 3.70. The van der Waals surface area contributed by atoms with Gasteiger partial charge >= 0.3 is 0 Å². The van der Waals surface area contributed by atoms with Gasteiger partial charge in [-0.05, 0) is 31.8 Å². The fourth-order valence-electron chi connectivity index (χ4n) is 2.31. The van der Waals surface area contributed by atoms with Crippen LogP contribution in [-0.4, -0.2) is 52.4 Å². The van der Waals surface area contributed by atoms with Crippen molar-refractivity contribution in [3.63, 3.8) is 0 Å². The third-order valence-electron chi connectivity index (χ3n) is 3.64. The molecular formula is C17H23ClN4O. The summed E-state index contributed by atoms with van der Waals surface area (Å²) in [5.41, 5.74) is 1.11. The molecule has 0 aliphatic rings. The first kappa shape index (κ1) is 17.5. The highest BCUT2D eigenvalue weighted by molar-refractivity contribution is 6.30. The van der Waals surface area contributed by atoms with Crippen molar-refractivity contribution >= 4 is 17.5 Å². The molecule has 1 aromatic heterocycles. The van der Waals surface area contributed by atoms with Gasteiger partial charge in [-0.25, -0.2) is 4.98 Å². The van der Waals surface area contributed by atoms with Gasteiger partial charge in [0.2, 0.25) is 5.91 Å². The van der Waals surface area contributed by atoms with Gasteiger partial charge in [0.1, 0.15) is 5.82 Å². The molecule has 2 aromatic rings. The van der Waals surface area contributed by atoms with Crippen molar-refractivity contribution in [2.45, 2.75) is 20.0 Å². The molecule has 0 atom stereocenters. The molecule has 0 N–H and O–H groups in total. The topological polar surface area (TPSA) is 41.4 Å². The minimum Gasteiger partial charge on any atom is -0.334 e. The highest BCUT2D eigenvalue weighted by atomic mass is 35.5.